The highest BCUT2D eigenvalue weighted by Crippen LogP contribution is 2.51. The molecule has 0 radical (unpaired) electrons. The lowest BCUT2D eigenvalue weighted by Crippen LogP contribution is -2.60. The van der Waals surface area contributed by atoms with E-state index in [1.54, 1.807) is 35.8 Å². The van der Waals surface area contributed by atoms with Gasteiger partial charge in [-0.2, -0.15) is 0 Å². The van der Waals surface area contributed by atoms with Crippen molar-refractivity contribution in [3.05, 3.63) is 74.7 Å². The summed E-state index contributed by atoms with van der Waals surface area (Å²) in [5.74, 6) is -0.0960. The second-order valence-electron chi connectivity index (χ2n) is 8.46. The van der Waals surface area contributed by atoms with Crippen molar-refractivity contribution in [1.29, 1.82) is 0 Å². The van der Waals surface area contributed by atoms with Crippen LogP contribution in [-0.2, 0) is 25.8 Å². The van der Waals surface area contributed by atoms with Gasteiger partial charge >= 0.3 is 0 Å². The van der Waals surface area contributed by atoms with E-state index in [-0.39, 0.29) is 22.6 Å². The maximum absolute atomic E-state index is 13.0. The van der Waals surface area contributed by atoms with Gasteiger partial charge in [0.1, 0.15) is 10.8 Å². The summed E-state index contributed by atoms with van der Waals surface area (Å²) in [6, 6.07) is 12.2. The number of halogens is 2. The number of carbonyl (C=O) groups is 1. The van der Waals surface area contributed by atoms with Gasteiger partial charge in [-0.3, -0.25) is 4.79 Å². The minimum Gasteiger partial charge on any atom is -0.367 e. The maximum atomic E-state index is 13.0. The van der Waals surface area contributed by atoms with Gasteiger partial charge < -0.3 is 10.2 Å². The van der Waals surface area contributed by atoms with Gasteiger partial charge in [-0.05, 0) is 54.8 Å². The van der Waals surface area contributed by atoms with E-state index in [0.717, 1.165) is 24.1 Å². The molecule has 172 valence electrons. The van der Waals surface area contributed by atoms with Crippen LogP contribution in [0.1, 0.15) is 23.4 Å². The van der Waals surface area contributed by atoms with Crippen LogP contribution in [0.25, 0.3) is 0 Å². The molecular weight excluding hydrogens is 501 g/mol. The minimum absolute atomic E-state index is 0.000000273. The summed E-state index contributed by atoms with van der Waals surface area (Å²) in [6.07, 6.45) is 3.15. The molecule has 3 aromatic rings. The van der Waals surface area contributed by atoms with Crippen LogP contribution >= 0.6 is 34.5 Å². The minimum atomic E-state index is -3.43. The number of hydrogen-bond acceptors (Lipinski definition) is 6. The summed E-state index contributed by atoms with van der Waals surface area (Å²) >= 11 is 13.7. The number of hydrogen-bond donors (Lipinski definition) is 1. The molecule has 1 amide bonds. The van der Waals surface area contributed by atoms with Crippen LogP contribution in [0.2, 0.25) is 10.0 Å². The fraction of sp³-hybridized carbons (Fsp3) is 0.304. The number of carbonyl (C=O) groups excluding carboxylic acids is 1. The lowest BCUT2D eigenvalue weighted by molar-refractivity contribution is -0.124. The fourth-order valence-electron chi connectivity index (χ4n) is 4.16. The zero-order valence-electron chi connectivity index (χ0n) is 17.5. The van der Waals surface area contributed by atoms with Crippen LogP contribution in [0.15, 0.2) is 58.9 Å². The Morgan fingerprint density at radius 2 is 1.88 bits per heavy atom. The highest BCUT2D eigenvalue weighted by atomic mass is 35.5. The number of nitrogens with one attached hydrogen (secondary N) is 1. The topological polar surface area (TPSA) is 79.4 Å². The van der Waals surface area contributed by atoms with Crippen molar-refractivity contribution in [2.24, 2.45) is 0 Å². The van der Waals surface area contributed by atoms with Crippen molar-refractivity contribution in [1.82, 2.24) is 10.3 Å². The Morgan fingerprint density at radius 1 is 1.15 bits per heavy atom. The van der Waals surface area contributed by atoms with E-state index >= 15 is 0 Å². The zero-order chi connectivity index (χ0) is 23.2. The van der Waals surface area contributed by atoms with Gasteiger partial charge in [0.15, 0.2) is 9.84 Å². The molecule has 2 heterocycles. The molecule has 33 heavy (non-hydrogen) atoms. The SMILES string of the molecule is O=C(NC1CN(c2ccc(S(=O)(=O)Cc3nccs3)cc2)C1)C1(c2ccc(Cl)cc2Cl)CC1. The average Bonchev–Trinajstić information content (AvgIpc) is 3.40. The molecule has 5 rings (SSSR count). The molecule has 0 atom stereocenters. The van der Waals surface area contributed by atoms with Gasteiger partial charge in [-0.1, -0.05) is 29.3 Å². The summed E-state index contributed by atoms with van der Waals surface area (Å²) in [5, 5.41) is 6.57. The number of anilines is 1. The third-order valence-electron chi connectivity index (χ3n) is 6.21. The normalized spacial score (nSPS) is 17.5. The average molecular weight is 522 g/mol. The standard InChI is InChI=1S/C23H21Cl2N3O3S2/c24-15-1-6-19(20(25)11-15)23(7-8-23)22(29)27-16-12-28(13-16)17-2-4-18(5-3-17)33(30,31)14-21-26-9-10-32-21/h1-6,9-11,16H,7-8,12-14H2,(H,27,29). The quantitative estimate of drug-likeness (QED) is 0.496. The van der Waals surface area contributed by atoms with E-state index in [0.29, 0.717) is 28.1 Å². The largest absolute Gasteiger partial charge is 0.367 e. The summed E-state index contributed by atoms with van der Waals surface area (Å²) in [4.78, 5) is 19.5. The molecule has 2 fully saturated rings. The number of thiazole rings is 1. The summed E-state index contributed by atoms with van der Waals surface area (Å²) in [6.45, 7) is 1.34. The second kappa shape index (κ2) is 8.58. The number of amides is 1. The van der Waals surface area contributed by atoms with E-state index in [2.05, 4.69) is 15.2 Å². The third-order valence-corrected chi connectivity index (χ3v) is 9.36. The molecule has 0 unspecified atom stereocenters. The monoisotopic (exact) mass is 521 g/mol. The zero-order valence-corrected chi connectivity index (χ0v) is 20.6. The van der Waals surface area contributed by atoms with Crippen molar-refractivity contribution >= 4 is 56.0 Å². The summed E-state index contributed by atoms with van der Waals surface area (Å²) in [7, 11) is -3.43. The number of sulfone groups is 1. The van der Waals surface area contributed by atoms with Crippen molar-refractivity contribution in [2.45, 2.75) is 34.9 Å². The lowest BCUT2D eigenvalue weighted by atomic mass is 9.94. The van der Waals surface area contributed by atoms with E-state index in [1.807, 2.05) is 18.2 Å². The highest BCUT2D eigenvalue weighted by Gasteiger charge is 2.53. The number of benzene rings is 2. The van der Waals surface area contributed by atoms with Crippen molar-refractivity contribution in [3.8, 4) is 0 Å². The molecule has 2 aromatic carbocycles. The van der Waals surface area contributed by atoms with Crippen LogP contribution in [-0.4, -0.2) is 38.4 Å². The summed E-state index contributed by atoms with van der Waals surface area (Å²) < 4.78 is 25.2. The van der Waals surface area contributed by atoms with Crippen molar-refractivity contribution in [2.75, 3.05) is 18.0 Å². The van der Waals surface area contributed by atoms with Crippen LogP contribution < -0.4 is 10.2 Å². The van der Waals surface area contributed by atoms with Gasteiger partial charge in [-0.25, -0.2) is 13.4 Å². The molecule has 1 aliphatic carbocycles. The van der Waals surface area contributed by atoms with Crippen LogP contribution in [0.5, 0.6) is 0 Å². The maximum Gasteiger partial charge on any atom is 0.231 e. The Labute approximate surface area is 206 Å². The molecule has 10 heteroatoms. The van der Waals surface area contributed by atoms with Crippen molar-refractivity contribution < 1.29 is 13.2 Å². The molecule has 0 spiro atoms. The Bertz CT molecular complexity index is 1280. The van der Waals surface area contributed by atoms with E-state index in [1.165, 1.54) is 11.3 Å². The first-order valence-corrected chi connectivity index (χ1v) is 13.8. The second-order valence-corrected chi connectivity index (χ2v) is 12.3. The van der Waals surface area contributed by atoms with Crippen molar-refractivity contribution in [3.63, 3.8) is 0 Å². The first-order valence-electron chi connectivity index (χ1n) is 10.5. The van der Waals surface area contributed by atoms with Crippen LogP contribution in [0.3, 0.4) is 0 Å². The first-order chi connectivity index (χ1) is 15.8. The molecule has 0 bridgehead atoms. The highest BCUT2D eigenvalue weighted by molar-refractivity contribution is 7.90. The molecule has 1 aliphatic heterocycles. The smallest absolute Gasteiger partial charge is 0.231 e. The van der Waals surface area contributed by atoms with Gasteiger partial charge in [-0.15, -0.1) is 11.3 Å². The number of rotatable bonds is 7. The van der Waals surface area contributed by atoms with Gasteiger partial charge in [0.2, 0.25) is 5.91 Å². The molecular formula is C23H21Cl2N3O3S2. The Balaban J connectivity index is 1.18. The first kappa shape index (κ1) is 22.7. The molecule has 1 saturated carbocycles. The number of nitrogens with zero attached hydrogens (tertiary/aromatic N) is 2. The van der Waals surface area contributed by atoms with E-state index in [4.69, 9.17) is 23.2 Å². The predicted octanol–water partition coefficient (Wildman–Crippen LogP) is 4.46. The summed E-state index contributed by atoms with van der Waals surface area (Å²) in [5.41, 5.74) is 1.20. The van der Waals surface area contributed by atoms with Crippen LogP contribution in [0, 0.1) is 0 Å². The van der Waals surface area contributed by atoms with Gasteiger partial charge in [0, 0.05) is 40.4 Å². The molecule has 6 nitrogen and oxygen atoms in total. The molecule has 2 aliphatic rings. The molecule has 1 saturated heterocycles. The Morgan fingerprint density at radius 3 is 2.48 bits per heavy atom. The number of aromatic nitrogens is 1. The van der Waals surface area contributed by atoms with E-state index < -0.39 is 15.3 Å². The third kappa shape index (κ3) is 4.49. The Hall–Kier alpha value is -2.13. The van der Waals surface area contributed by atoms with E-state index in [9.17, 15) is 13.2 Å². The molecule has 1 aromatic heterocycles. The Kier molecular flexibility index (Phi) is 5.89. The molecule has 1 N–H and O–H groups in total. The lowest BCUT2D eigenvalue weighted by Gasteiger charge is -2.42. The van der Waals surface area contributed by atoms with Gasteiger partial charge in [0.05, 0.1) is 16.4 Å². The van der Waals surface area contributed by atoms with Crippen LogP contribution in [0.4, 0.5) is 5.69 Å². The fourth-order valence-corrected chi connectivity index (χ4v) is 7.00. The predicted molar refractivity (Wildman–Crippen MR) is 131 cm³/mol. The van der Waals surface area contributed by atoms with Gasteiger partial charge in [0.25, 0.3) is 0 Å².